The van der Waals surface area contributed by atoms with Crippen molar-refractivity contribution in [2.45, 2.75) is 13.2 Å². The minimum atomic E-state index is -2.97. The number of aromatic nitrogens is 5. The van der Waals surface area contributed by atoms with Gasteiger partial charge >= 0.3 is 6.61 Å². The van der Waals surface area contributed by atoms with Crippen LogP contribution in [0.15, 0.2) is 42.9 Å². The lowest BCUT2D eigenvalue weighted by Gasteiger charge is -2.12. The standard InChI is InChI=1S/C14H10ClF2N5O/c15-11-3-1-2-10(5-11)12-4-9(7-22-8-19-20-21-22)6-18-13(12)23-14(16)17/h1-6,8,14H,7H2. The Morgan fingerprint density at radius 3 is 2.83 bits per heavy atom. The highest BCUT2D eigenvalue weighted by atomic mass is 35.5. The third-order valence-corrected chi connectivity index (χ3v) is 3.22. The normalized spacial score (nSPS) is 11.0. The van der Waals surface area contributed by atoms with Crippen LogP contribution in [0.3, 0.4) is 0 Å². The molecule has 0 bridgehead atoms. The van der Waals surface area contributed by atoms with Gasteiger partial charge in [-0.3, -0.25) is 0 Å². The van der Waals surface area contributed by atoms with Crippen molar-refractivity contribution in [3.8, 4) is 17.0 Å². The van der Waals surface area contributed by atoms with E-state index < -0.39 is 6.61 Å². The van der Waals surface area contributed by atoms with Crippen LogP contribution in [0.1, 0.15) is 5.56 Å². The van der Waals surface area contributed by atoms with Crippen LogP contribution in [-0.4, -0.2) is 31.8 Å². The van der Waals surface area contributed by atoms with Gasteiger partial charge in [0.1, 0.15) is 6.33 Å². The Bertz CT molecular complexity index is 798. The molecule has 3 aromatic rings. The van der Waals surface area contributed by atoms with Crippen LogP contribution >= 0.6 is 11.6 Å². The summed E-state index contributed by atoms with van der Waals surface area (Å²) in [4.78, 5) is 3.98. The molecule has 0 aliphatic rings. The third-order valence-electron chi connectivity index (χ3n) is 2.98. The van der Waals surface area contributed by atoms with Crippen molar-refractivity contribution >= 4 is 11.6 Å². The number of hydrogen-bond donors (Lipinski definition) is 0. The molecular weight excluding hydrogens is 328 g/mol. The molecule has 2 aromatic heterocycles. The Hall–Kier alpha value is -2.61. The second kappa shape index (κ2) is 6.66. The summed E-state index contributed by atoms with van der Waals surface area (Å²) in [6.07, 6.45) is 2.88. The first-order valence-corrected chi connectivity index (χ1v) is 6.90. The number of alkyl halides is 2. The van der Waals surface area contributed by atoms with Crippen molar-refractivity contribution in [1.29, 1.82) is 0 Å². The van der Waals surface area contributed by atoms with E-state index in [4.69, 9.17) is 11.6 Å². The van der Waals surface area contributed by atoms with Gasteiger partial charge in [0.05, 0.1) is 6.54 Å². The van der Waals surface area contributed by atoms with Crippen LogP contribution < -0.4 is 4.74 Å². The Kier molecular flexibility index (Phi) is 4.42. The molecular formula is C14H10ClF2N5O. The van der Waals surface area contributed by atoms with E-state index in [9.17, 15) is 8.78 Å². The topological polar surface area (TPSA) is 65.7 Å². The number of ether oxygens (including phenoxy) is 1. The van der Waals surface area contributed by atoms with E-state index >= 15 is 0 Å². The third kappa shape index (κ3) is 3.78. The number of benzene rings is 1. The highest BCUT2D eigenvalue weighted by Crippen LogP contribution is 2.31. The summed E-state index contributed by atoms with van der Waals surface area (Å²) in [5.41, 5.74) is 1.77. The molecule has 0 amide bonds. The van der Waals surface area contributed by atoms with E-state index in [1.165, 1.54) is 17.2 Å². The molecule has 0 saturated heterocycles. The molecule has 0 spiro atoms. The van der Waals surface area contributed by atoms with Gasteiger partial charge < -0.3 is 4.74 Å². The van der Waals surface area contributed by atoms with Crippen molar-refractivity contribution in [2.24, 2.45) is 0 Å². The van der Waals surface area contributed by atoms with Crippen LogP contribution in [0, 0.1) is 0 Å². The van der Waals surface area contributed by atoms with Gasteiger partial charge in [0.2, 0.25) is 5.88 Å². The SMILES string of the molecule is FC(F)Oc1ncc(Cn2cnnn2)cc1-c1cccc(Cl)c1. The molecule has 1 aromatic carbocycles. The summed E-state index contributed by atoms with van der Waals surface area (Å²) in [5, 5.41) is 11.3. The van der Waals surface area contributed by atoms with Gasteiger partial charge in [-0.05, 0) is 39.8 Å². The molecule has 0 fully saturated rings. The van der Waals surface area contributed by atoms with Gasteiger partial charge in [-0.2, -0.15) is 8.78 Å². The van der Waals surface area contributed by atoms with E-state index in [2.05, 4.69) is 25.2 Å². The molecule has 0 radical (unpaired) electrons. The maximum Gasteiger partial charge on any atom is 0.388 e. The van der Waals surface area contributed by atoms with Gasteiger partial charge in [0.25, 0.3) is 0 Å². The molecule has 6 nitrogen and oxygen atoms in total. The van der Waals surface area contributed by atoms with E-state index in [1.807, 2.05) is 0 Å². The summed E-state index contributed by atoms with van der Waals surface area (Å²) in [5.74, 6) is -0.164. The molecule has 0 aliphatic heterocycles. The van der Waals surface area contributed by atoms with Crippen molar-refractivity contribution in [1.82, 2.24) is 25.2 Å². The first-order chi connectivity index (χ1) is 11.1. The molecule has 23 heavy (non-hydrogen) atoms. The number of hydrogen-bond acceptors (Lipinski definition) is 5. The Balaban J connectivity index is 2.01. The van der Waals surface area contributed by atoms with E-state index in [0.717, 1.165) is 5.56 Å². The first kappa shape index (κ1) is 15.3. The largest absolute Gasteiger partial charge is 0.416 e. The van der Waals surface area contributed by atoms with Crippen LogP contribution in [-0.2, 0) is 6.54 Å². The smallest absolute Gasteiger partial charge is 0.388 e. The molecule has 3 rings (SSSR count). The second-order valence-corrected chi connectivity index (χ2v) is 5.03. The minimum absolute atomic E-state index is 0.164. The number of pyridine rings is 1. The molecule has 2 heterocycles. The maximum absolute atomic E-state index is 12.6. The number of nitrogens with zero attached hydrogens (tertiary/aromatic N) is 5. The minimum Gasteiger partial charge on any atom is -0.416 e. The first-order valence-electron chi connectivity index (χ1n) is 6.52. The van der Waals surface area contributed by atoms with Crippen LogP contribution in [0.4, 0.5) is 8.78 Å². The summed E-state index contributed by atoms with van der Waals surface area (Å²) in [7, 11) is 0. The summed E-state index contributed by atoms with van der Waals surface area (Å²) in [6.45, 7) is -2.62. The van der Waals surface area contributed by atoms with E-state index in [0.29, 0.717) is 22.7 Å². The van der Waals surface area contributed by atoms with Gasteiger partial charge in [0, 0.05) is 16.8 Å². The van der Waals surface area contributed by atoms with Crippen molar-refractivity contribution in [3.63, 3.8) is 0 Å². The lowest BCUT2D eigenvalue weighted by atomic mass is 10.1. The fourth-order valence-electron chi connectivity index (χ4n) is 2.06. The predicted octanol–water partition coefficient (Wildman–Crippen LogP) is 3.04. The maximum atomic E-state index is 12.6. The van der Waals surface area contributed by atoms with Crippen molar-refractivity contribution in [2.75, 3.05) is 0 Å². The number of rotatable bonds is 5. The average molecular weight is 338 g/mol. The molecule has 9 heteroatoms. The van der Waals surface area contributed by atoms with Crippen LogP contribution in [0.5, 0.6) is 5.88 Å². The fourth-order valence-corrected chi connectivity index (χ4v) is 2.25. The zero-order valence-corrected chi connectivity index (χ0v) is 12.4. The van der Waals surface area contributed by atoms with Crippen molar-refractivity contribution in [3.05, 3.63) is 53.4 Å². The number of tetrazole rings is 1. The summed E-state index contributed by atoms with van der Waals surface area (Å²) < 4.78 is 31.2. The van der Waals surface area contributed by atoms with Crippen LogP contribution in [0.25, 0.3) is 11.1 Å². The quantitative estimate of drug-likeness (QED) is 0.716. The summed E-state index contributed by atoms with van der Waals surface area (Å²) in [6, 6.07) is 8.49. The zero-order chi connectivity index (χ0) is 16.2. The molecule has 0 N–H and O–H groups in total. The van der Waals surface area contributed by atoms with Gasteiger partial charge in [-0.1, -0.05) is 23.7 Å². The fraction of sp³-hybridized carbons (Fsp3) is 0.143. The van der Waals surface area contributed by atoms with E-state index in [1.54, 1.807) is 30.3 Å². The number of halogens is 3. The summed E-state index contributed by atoms with van der Waals surface area (Å²) >= 11 is 5.97. The molecule has 118 valence electrons. The highest BCUT2D eigenvalue weighted by molar-refractivity contribution is 6.30. The second-order valence-electron chi connectivity index (χ2n) is 4.59. The molecule has 0 saturated carbocycles. The lowest BCUT2D eigenvalue weighted by Crippen LogP contribution is -2.07. The highest BCUT2D eigenvalue weighted by Gasteiger charge is 2.14. The van der Waals surface area contributed by atoms with E-state index in [-0.39, 0.29) is 5.88 Å². The molecule has 0 unspecified atom stereocenters. The Labute approximate surface area is 134 Å². The van der Waals surface area contributed by atoms with Gasteiger partial charge in [-0.15, -0.1) is 5.10 Å². The lowest BCUT2D eigenvalue weighted by molar-refractivity contribution is -0.0524. The monoisotopic (exact) mass is 337 g/mol. The zero-order valence-electron chi connectivity index (χ0n) is 11.6. The van der Waals surface area contributed by atoms with Gasteiger partial charge in [-0.25, -0.2) is 9.67 Å². The Morgan fingerprint density at radius 1 is 1.26 bits per heavy atom. The van der Waals surface area contributed by atoms with Crippen molar-refractivity contribution < 1.29 is 13.5 Å². The molecule has 0 aliphatic carbocycles. The average Bonchev–Trinajstić information content (AvgIpc) is 3.01. The molecule has 0 atom stereocenters. The van der Waals surface area contributed by atoms with Gasteiger partial charge in [0.15, 0.2) is 0 Å². The van der Waals surface area contributed by atoms with Crippen LogP contribution in [0.2, 0.25) is 5.02 Å². The predicted molar refractivity (Wildman–Crippen MR) is 78.2 cm³/mol. The Morgan fingerprint density at radius 2 is 2.13 bits per heavy atom.